The minimum absolute atomic E-state index is 0.0335. The number of hydrogen-bond donors (Lipinski definition) is 0. The first-order chi connectivity index (χ1) is 5.92. The molecule has 1 aliphatic carbocycles. The highest BCUT2D eigenvalue weighted by Gasteiger charge is 2.32. The lowest BCUT2D eigenvalue weighted by atomic mass is 10.0. The van der Waals surface area contributed by atoms with E-state index in [-0.39, 0.29) is 5.92 Å². The molecule has 12 heavy (non-hydrogen) atoms. The van der Waals surface area contributed by atoms with Gasteiger partial charge in [-0.3, -0.25) is 4.98 Å². The van der Waals surface area contributed by atoms with Gasteiger partial charge in [-0.1, -0.05) is 6.07 Å². The number of hydrogen-bond acceptors (Lipinski definition) is 2. The van der Waals surface area contributed by atoms with E-state index >= 15 is 0 Å². The highest BCUT2D eigenvalue weighted by atomic mass is 14.7. The number of pyridine rings is 1. The lowest BCUT2D eigenvalue weighted by Gasteiger charge is -2.04. The Morgan fingerprint density at radius 3 is 2.83 bits per heavy atom. The standard InChI is InChI=1S/C10H10N2/c11-7-9(8-4-5-8)10-3-1-2-6-12-10/h1-3,6,8-9H,4-5H2. The predicted molar refractivity (Wildman–Crippen MR) is 45.3 cm³/mol. The van der Waals surface area contributed by atoms with Crippen LogP contribution in [0.1, 0.15) is 24.5 Å². The Kier molecular flexibility index (Phi) is 1.79. The van der Waals surface area contributed by atoms with Crippen molar-refractivity contribution in [3.8, 4) is 6.07 Å². The molecule has 1 saturated carbocycles. The third kappa shape index (κ3) is 1.31. The highest BCUT2D eigenvalue weighted by molar-refractivity contribution is 5.20. The first-order valence-electron chi connectivity index (χ1n) is 4.22. The summed E-state index contributed by atoms with van der Waals surface area (Å²) in [5.41, 5.74) is 0.933. The molecule has 2 nitrogen and oxygen atoms in total. The van der Waals surface area contributed by atoms with Gasteiger partial charge < -0.3 is 0 Å². The maximum absolute atomic E-state index is 8.90. The van der Waals surface area contributed by atoms with Gasteiger partial charge in [0.15, 0.2) is 0 Å². The maximum atomic E-state index is 8.90. The van der Waals surface area contributed by atoms with Gasteiger partial charge in [-0.2, -0.15) is 5.26 Å². The van der Waals surface area contributed by atoms with E-state index in [1.54, 1.807) is 6.20 Å². The zero-order valence-electron chi connectivity index (χ0n) is 6.77. The summed E-state index contributed by atoms with van der Waals surface area (Å²) in [5, 5.41) is 8.90. The van der Waals surface area contributed by atoms with E-state index < -0.39 is 0 Å². The molecule has 0 N–H and O–H groups in total. The maximum Gasteiger partial charge on any atom is 0.0912 e. The average Bonchev–Trinajstić information content (AvgIpc) is 2.92. The van der Waals surface area contributed by atoms with Crippen molar-refractivity contribution < 1.29 is 0 Å². The van der Waals surface area contributed by atoms with Crippen LogP contribution < -0.4 is 0 Å². The van der Waals surface area contributed by atoms with Crippen LogP contribution in [-0.4, -0.2) is 4.98 Å². The fourth-order valence-corrected chi connectivity index (χ4v) is 1.40. The Bertz CT molecular complexity index is 295. The van der Waals surface area contributed by atoms with Crippen molar-refractivity contribution in [1.29, 1.82) is 5.26 Å². The van der Waals surface area contributed by atoms with E-state index in [1.165, 1.54) is 12.8 Å². The van der Waals surface area contributed by atoms with E-state index in [0.717, 1.165) is 5.69 Å². The van der Waals surface area contributed by atoms with E-state index in [4.69, 9.17) is 5.26 Å². The molecule has 0 radical (unpaired) electrons. The molecule has 0 spiro atoms. The zero-order chi connectivity index (χ0) is 8.39. The second kappa shape index (κ2) is 2.94. The molecule has 1 unspecified atom stereocenters. The first kappa shape index (κ1) is 7.30. The molecule has 1 heterocycles. The van der Waals surface area contributed by atoms with Crippen molar-refractivity contribution >= 4 is 0 Å². The monoisotopic (exact) mass is 158 g/mol. The second-order valence-corrected chi connectivity index (χ2v) is 3.20. The smallest absolute Gasteiger partial charge is 0.0912 e. The number of rotatable bonds is 2. The molecular weight excluding hydrogens is 148 g/mol. The first-order valence-corrected chi connectivity index (χ1v) is 4.22. The van der Waals surface area contributed by atoms with Crippen LogP contribution in [0.25, 0.3) is 0 Å². The molecule has 1 aromatic heterocycles. The lowest BCUT2D eigenvalue weighted by Crippen LogP contribution is -1.99. The van der Waals surface area contributed by atoms with Crippen molar-refractivity contribution in [2.45, 2.75) is 18.8 Å². The normalized spacial score (nSPS) is 18.2. The molecule has 0 amide bonds. The Labute approximate surface area is 71.9 Å². The van der Waals surface area contributed by atoms with Crippen molar-refractivity contribution in [3.05, 3.63) is 30.1 Å². The van der Waals surface area contributed by atoms with Crippen LogP contribution in [0.3, 0.4) is 0 Å². The fraction of sp³-hybridized carbons (Fsp3) is 0.400. The summed E-state index contributed by atoms with van der Waals surface area (Å²) in [7, 11) is 0. The number of nitrogens with zero attached hydrogens (tertiary/aromatic N) is 2. The Morgan fingerprint density at radius 2 is 2.33 bits per heavy atom. The molecule has 1 aliphatic rings. The summed E-state index contributed by atoms with van der Waals surface area (Å²) in [5.74, 6) is 0.607. The Balaban J connectivity index is 2.23. The Hall–Kier alpha value is -1.36. The lowest BCUT2D eigenvalue weighted by molar-refractivity contribution is 0.716. The van der Waals surface area contributed by atoms with Gasteiger partial charge in [0.2, 0.25) is 0 Å². The minimum Gasteiger partial charge on any atom is -0.260 e. The molecule has 0 bridgehead atoms. The summed E-state index contributed by atoms with van der Waals surface area (Å²) in [6.45, 7) is 0. The van der Waals surface area contributed by atoms with E-state index in [9.17, 15) is 0 Å². The molecule has 1 fully saturated rings. The van der Waals surface area contributed by atoms with Crippen LogP contribution >= 0.6 is 0 Å². The zero-order valence-corrected chi connectivity index (χ0v) is 6.77. The van der Waals surface area contributed by atoms with Crippen molar-refractivity contribution in [2.24, 2.45) is 5.92 Å². The molecule has 0 aromatic carbocycles. The van der Waals surface area contributed by atoms with E-state index in [1.807, 2.05) is 18.2 Å². The molecule has 2 rings (SSSR count). The van der Waals surface area contributed by atoms with Gasteiger partial charge >= 0.3 is 0 Å². The van der Waals surface area contributed by atoms with Crippen molar-refractivity contribution in [3.63, 3.8) is 0 Å². The summed E-state index contributed by atoms with van der Waals surface area (Å²) in [4.78, 5) is 4.19. The summed E-state index contributed by atoms with van der Waals surface area (Å²) < 4.78 is 0. The van der Waals surface area contributed by atoms with Crippen LogP contribution in [0.2, 0.25) is 0 Å². The minimum atomic E-state index is 0.0335. The number of nitriles is 1. The average molecular weight is 158 g/mol. The predicted octanol–water partition coefficient (Wildman–Crippen LogP) is 2.10. The fourth-order valence-electron chi connectivity index (χ4n) is 1.40. The largest absolute Gasteiger partial charge is 0.260 e. The Morgan fingerprint density at radius 1 is 1.50 bits per heavy atom. The van der Waals surface area contributed by atoms with Crippen molar-refractivity contribution in [1.82, 2.24) is 4.98 Å². The molecular formula is C10H10N2. The van der Waals surface area contributed by atoms with Gasteiger partial charge in [0.25, 0.3) is 0 Å². The molecule has 0 saturated heterocycles. The molecule has 1 atom stereocenters. The quantitative estimate of drug-likeness (QED) is 0.660. The van der Waals surface area contributed by atoms with E-state index in [2.05, 4.69) is 11.1 Å². The van der Waals surface area contributed by atoms with Crippen LogP contribution in [0.4, 0.5) is 0 Å². The second-order valence-electron chi connectivity index (χ2n) is 3.20. The summed E-state index contributed by atoms with van der Waals surface area (Å²) >= 11 is 0. The molecule has 2 heteroatoms. The van der Waals surface area contributed by atoms with Gasteiger partial charge in [0, 0.05) is 6.20 Å². The topological polar surface area (TPSA) is 36.7 Å². The van der Waals surface area contributed by atoms with Crippen molar-refractivity contribution in [2.75, 3.05) is 0 Å². The van der Waals surface area contributed by atoms with Crippen LogP contribution in [0.5, 0.6) is 0 Å². The number of aromatic nitrogens is 1. The highest BCUT2D eigenvalue weighted by Crippen LogP contribution is 2.41. The molecule has 1 aromatic rings. The van der Waals surface area contributed by atoms with Crippen LogP contribution in [0.15, 0.2) is 24.4 Å². The van der Waals surface area contributed by atoms with Gasteiger partial charge in [0.05, 0.1) is 17.7 Å². The SMILES string of the molecule is N#CC(c1ccccn1)C1CC1. The van der Waals surface area contributed by atoms with Gasteiger partial charge in [0.1, 0.15) is 0 Å². The summed E-state index contributed by atoms with van der Waals surface area (Å²) in [6, 6.07) is 8.07. The third-order valence-corrected chi connectivity index (χ3v) is 2.24. The van der Waals surface area contributed by atoms with Crippen LogP contribution in [0, 0.1) is 17.2 Å². The van der Waals surface area contributed by atoms with Gasteiger partial charge in [-0.05, 0) is 30.9 Å². The van der Waals surface area contributed by atoms with E-state index in [0.29, 0.717) is 5.92 Å². The molecule has 0 aliphatic heterocycles. The third-order valence-electron chi connectivity index (χ3n) is 2.24. The van der Waals surface area contributed by atoms with Gasteiger partial charge in [-0.25, -0.2) is 0 Å². The molecule has 60 valence electrons. The summed E-state index contributed by atoms with van der Waals surface area (Å²) in [6.07, 6.45) is 4.13. The van der Waals surface area contributed by atoms with Gasteiger partial charge in [-0.15, -0.1) is 0 Å². The van der Waals surface area contributed by atoms with Crippen LogP contribution in [-0.2, 0) is 0 Å².